The van der Waals surface area contributed by atoms with Gasteiger partial charge in [0.15, 0.2) is 6.10 Å². The SMILES string of the molecule is CC/C=C\C/C=C\C/C=C\CCCCCCCCCC(=O)OCC(COP(=O)(O)OCC(O)COP(=O)(O)OCC(O)COC(=O)CCCCCCCCCCCCCCC/C=C\C/C=C\C/C=C\C/C=C\CCCCC)OC(=O)CCCCCCC/C=C\C/C=C\CCC. The van der Waals surface area contributed by atoms with Crippen molar-refractivity contribution >= 4 is 33.6 Å². The number of esters is 3. The molecule has 0 aromatic carbocycles. The first-order valence-electron chi connectivity index (χ1n) is 37.2. The molecule has 0 bridgehead atoms. The average molecular weight is 1380 g/mol. The molecule has 5 atom stereocenters. The minimum Gasteiger partial charge on any atom is -0.463 e. The molecule has 0 saturated carbocycles. The largest absolute Gasteiger partial charge is 0.472 e. The van der Waals surface area contributed by atoms with Crippen molar-refractivity contribution in [3.8, 4) is 0 Å². The molecular formula is C77H134O16P2. The number of phosphoric acid groups is 2. The van der Waals surface area contributed by atoms with Crippen molar-refractivity contribution in [2.75, 3.05) is 39.6 Å². The fraction of sp³-hybridized carbons (Fsp3) is 0.727. The van der Waals surface area contributed by atoms with E-state index in [0.29, 0.717) is 19.3 Å². The third-order valence-electron chi connectivity index (χ3n) is 15.4. The standard InChI is InChI=1S/C77H134O16P2/c1-4-7-10-13-16-19-22-25-27-29-30-31-32-33-34-35-36-37-38-39-40-42-44-46-48-51-54-57-60-63-75(80)87-66-72(78)67-89-94(83,84)90-68-73(79)69-91-95(85,86)92-71-74(93-77(82)65-62-59-56-53-50-45-24-21-18-15-12-9-6-3)70-88-76(81)64-61-58-55-52-49-47-43-41-28-26-23-20-17-14-11-8-5-2/h8,11-12,15-17,19-21,24-28,30-31,33-34,72-74,78-79H,4-7,9-10,13-14,18,22-23,29,32,35-71H2,1-3H3,(H,83,84)(H,85,86)/b11-8-,15-12-,19-16-,20-17-,24-21-,27-25-,28-26-,31-30-,34-33-. The van der Waals surface area contributed by atoms with Gasteiger partial charge in [-0.25, -0.2) is 9.13 Å². The van der Waals surface area contributed by atoms with Gasteiger partial charge in [0.2, 0.25) is 0 Å². The molecule has 0 heterocycles. The molecule has 0 aromatic heterocycles. The normalized spacial score (nSPS) is 14.7. The summed E-state index contributed by atoms with van der Waals surface area (Å²) in [6, 6.07) is 0. The van der Waals surface area contributed by atoms with E-state index < -0.39 is 91.5 Å². The predicted molar refractivity (Wildman–Crippen MR) is 390 cm³/mol. The van der Waals surface area contributed by atoms with Gasteiger partial charge in [0.05, 0.1) is 26.4 Å². The molecule has 4 N–H and O–H groups in total. The molecule has 0 amide bonds. The number of carbonyl (C=O) groups excluding carboxylic acids is 3. The number of unbranched alkanes of at least 4 members (excludes halogenated alkanes) is 29. The van der Waals surface area contributed by atoms with Crippen LogP contribution in [0.1, 0.15) is 303 Å². The summed E-state index contributed by atoms with van der Waals surface area (Å²) in [5.41, 5.74) is 0. The fourth-order valence-corrected chi connectivity index (χ4v) is 11.4. The van der Waals surface area contributed by atoms with E-state index in [1.165, 1.54) is 83.5 Å². The summed E-state index contributed by atoms with van der Waals surface area (Å²) < 4.78 is 61.0. The third kappa shape index (κ3) is 71.3. The first-order chi connectivity index (χ1) is 46.2. The maximum Gasteiger partial charge on any atom is 0.472 e. The highest BCUT2D eigenvalue weighted by atomic mass is 31.2. The lowest BCUT2D eigenvalue weighted by atomic mass is 10.0. The summed E-state index contributed by atoms with van der Waals surface area (Å²) >= 11 is 0. The van der Waals surface area contributed by atoms with Crippen LogP contribution in [0.15, 0.2) is 109 Å². The van der Waals surface area contributed by atoms with Crippen molar-refractivity contribution in [3.63, 3.8) is 0 Å². The minimum absolute atomic E-state index is 0.0850. The molecule has 0 radical (unpaired) electrons. The van der Waals surface area contributed by atoms with Crippen LogP contribution in [0.5, 0.6) is 0 Å². The van der Waals surface area contributed by atoms with Crippen molar-refractivity contribution in [2.45, 2.75) is 322 Å². The monoisotopic (exact) mass is 1380 g/mol. The van der Waals surface area contributed by atoms with Crippen molar-refractivity contribution < 1.29 is 75.8 Å². The molecular weight excluding hydrogens is 1240 g/mol. The number of allylic oxidation sites excluding steroid dienone is 18. The van der Waals surface area contributed by atoms with E-state index in [0.717, 1.165) is 161 Å². The van der Waals surface area contributed by atoms with E-state index >= 15 is 0 Å². The second-order valence-electron chi connectivity index (χ2n) is 24.7. The molecule has 95 heavy (non-hydrogen) atoms. The Balaban J connectivity index is 4.46. The zero-order chi connectivity index (χ0) is 69.5. The Morgan fingerprint density at radius 3 is 0.926 bits per heavy atom. The number of aliphatic hydroxyl groups is 2. The lowest BCUT2D eigenvalue weighted by molar-refractivity contribution is -0.161. The summed E-state index contributed by atoms with van der Waals surface area (Å²) in [6.07, 6.45) is 80.1. The topological polar surface area (TPSA) is 231 Å². The van der Waals surface area contributed by atoms with Crippen LogP contribution in [0.2, 0.25) is 0 Å². The summed E-state index contributed by atoms with van der Waals surface area (Å²) in [6.45, 7) is 2.45. The molecule has 0 spiro atoms. The van der Waals surface area contributed by atoms with Gasteiger partial charge in [0, 0.05) is 19.3 Å². The first kappa shape index (κ1) is 91.2. The van der Waals surface area contributed by atoms with Gasteiger partial charge in [-0.1, -0.05) is 271 Å². The summed E-state index contributed by atoms with van der Waals surface area (Å²) in [5, 5.41) is 20.6. The van der Waals surface area contributed by atoms with Gasteiger partial charge in [-0.3, -0.25) is 32.5 Å². The Labute approximate surface area is 577 Å². The molecule has 548 valence electrons. The second-order valence-corrected chi connectivity index (χ2v) is 27.6. The Kier molecular flexibility index (Phi) is 67.3. The van der Waals surface area contributed by atoms with E-state index in [1.54, 1.807) is 0 Å². The average Bonchev–Trinajstić information content (AvgIpc) is 1.83. The van der Waals surface area contributed by atoms with Gasteiger partial charge in [0.1, 0.15) is 25.4 Å². The Bertz CT molecular complexity index is 2170. The molecule has 0 aliphatic carbocycles. The quantitative estimate of drug-likeness (QED) is 0.0146. The third-order valence-corrected chi connectivity index (χ3v) is 17.3. The molecule has 0 aromatic rings. The highest BCUT2D eigenvalue weighted by molar-refractivity contribution is 7.47. The summed E-state index contributed by atoms with van der Waals surface area (Å²) in [5.74, 6) is -1.60. The molecule has 0 saturated heterocycles. The van der Waals surface area contributed by atoms with Crippen LogP contribution >= 0.6 is 15.6 Å². The van der Waals surface area contributed by atoms with Crippen LogP contribution in [0.4, 0.5) is 0 Å². The van der Waals surface area contributed by atoms with Gasteiger partial charge in [-0.2, -0.15) is 0 Å². The number of rotatable bonds is 70. The van der Waals surface area contributed by atoms with Gasteiger partial charge in [-0.05, 0) is 122 Å². The molecule has 0 aliphatic rings. The number of hydrogen-bond donors (Lipinski definition) is 4. The lowest BCUT2D eigenvalue weighted by Gasteiger charge is -2.21. The van der Waals surface area contributed by atoms with E-state index in [4.69, 9.17) is 32.3 Å². The number of phosphoric ester groups is 2. The van der Waals surface area contributed by atoms with Gasteiger partial charge in [-0.15, -0.1) is 0 Å². The number of carbonyl (C=O) groups is 3. The van der Waals surface area contributed by atoms with Gasteiger partial charge < -0.3 is 34.2 Å². The maximum atomic E-state index is 12.9. The zero-order valence-electron chi connectivity index (χ0n) is 59.6. The van der Waals surface area contributed by atoms with Gasteiger partial charge in [0.25, 0.3) is 0 Å². The first-order valence-corrected chi connectivity index (χ1v) is 40.2. The van der Waals surface area contributed by atoms with Crippen molar-refractivity contribution in [1.82, 2.24) is 0 Å². The summed E-state index contributed by atoms with van der Waals surface area (Å²) in [4.78, 5) is 58.4. The number of ether oxygens (including phenoxy) is 3. The van der Waals surface area contributed by atoms with Crippen molar-refractivity contribution in [1.29, 1.82) is 0 Å². The van der Waals surface area contributed by atoms with E-state index in [9.17, 15) is 43.5 Å². The van der Waals surface area contributed by atoms with Crippen LogP contribution in [-0.2, 0) is 55.8 Å². The molecule has 16 nitrogen and oxygen atoms in total. The van der Waals surface area contributed by atoms with Gasteiger partial charge >= 0.3 is 33.6 Å². The number of hydrogen-bond acceptors (Lipinski definition) is 14. The van der Waals surface area contributed by atoms with Crippen LogP contribution in [0, 0.1) is 0 Å². The molecule has 0 aliphatic heterocycles. The molecule has 5 unspecified atom stereocenters. The Hall–Kier alpha value is -3.79. The van der Waals surface area contributed by atoms with E-state index in [2.05, 4.69) is 130 Å². The van der Waals surface area contributed by atoms with Crippen LogP contribution < -0.4 is 0 Å². The maximum absolute atomic E-state index is 12.9. The minimum atomic E-state index is -4.93. The van der Waals surface area contributed by atoms with E-state index in [1.807, 2.05) is 0 Å². The fourth-order valence-electron chi connectivity index (χ4n) is 9.78. The second kappa shape index (κ2) is 70.1. The Morgan fingerprint density at radius 1 is 0.305 bits per heavy atom. The molecule has 0 rings (SSSR count). The van der Waals surface area contributed by atoms with Crippen LogP contribution in [0.25, 0.3) is 0 Å². The smallest absolute Gasteiger partial charge is 0.463 e. The van der Waals surface area contributed by atoms with Crippen LogP contribution in [-0.4, -0.2) is 95.9 Å². The molecule has 0 fully saturated rings. The highest BCUT2D eigenvalue weighted by Gasteiger charge is 2.29. The van der Waals surface area contributed by atoms with Crippen molar-refractivity contribution in [3.05, 3.63) is 109 Å². The summed E-state index contributed by atoms with van der Waals surface area (Å²) in [7, 11) is -9.78. The van der Waals surface area contributed by atoms with Crippen molar-refractivity contribution in [2.24, 2.45) is 0 Å². The highest BCUT2D eigenvalue weighted by Crippen LogP contribution is 2.45. The van der Waals surface area contributed by atoms with E-state index in [-0.39, 0.29) is 19.3 Å². The zero-order valence-corrected chi connectivity index (χ0v) is 61.4. The Morgan fingerprint density at radius 2 is 0.579 bits per heavy atom. The lowest BCUT2D eigenvalue weighted by Crippen LogP contribution is -2.30. The van der Waals surface area contributed by atoms with Crippen LogP contribution in [0.3, 0.4) is 0 Å². The number of aliphatic hydroxyl groups excluding tert-OH is 2. The predicted octanol–water partition coefficient (Wildman–Crippen LogP) is 21.2. The molecule has 18 heteroatoms.